The molecule has 0 bridgehead atoms. The quantitative estimate of drug-likeness (QED) is 0.219. The molecule has 0 unspecified atom stereocenters. The molecule has 52 heavy (non-hydrogen) atoms. The van der Waals surface area contributed by atoms with Crippen molar-refractivity contribution in [3.63, 3.8) is 0 Å². The van der Waals surface area contributed by atoms with Gasteiger partial charge in [-0.05, 0) is 73.6 Å². The Kier molecular flexibility index (Phi) is 11.5. The van der Waals surface area contributed by atoms with Crippen LogP contribution in [0.4, 0.5) is 22.7 Å². The van der Waals surface area contributed by atoms with Crippen LogP contribution in [0, 0.1) is 5.92 Å². The lowest BCUT2D eigenvalue weighted by Crippen LogP contribution is -2.51. The number of para-hydroxylation sites is 4. The van der Waals surface area contributed by atoms with Gasteiger partial charge in [-0.3, -0.25) is 19.2 Å². The zero-order chi connectivity index (χ0) is 36.8. The van der Waals surface area contributed by atoms with E-state index in [0.29, 0.717) is 31.8 Å². The van der Waals surface area contributed by atoms with Crippen molar-refractivity contribution in [2.45, 2.75) is 65.5 Å². The van der Waals surface area contributed by atoms with E-state index in [4.69, 9.17) is 4.74 Å². The number of nitrogens with zero attached hydrogens (tertiary/aromatic N) is 4. The van der Waals surface area contributed by atoms with E-state index in [-0.39, 0.29) is 35.7 Å². The fourth-order valence-electron chi connectivity index (χ4n) is 7.61. The number of rotatable bonds is 5. The third-order valence-electron chi connectivity index (χ3n) is 10.1. The lowest BCUT2D eigenvalue weighted by molar-refractivity contribution is -0.121. The van der Waals surface area contributed by atoms with E-state index in [2.05, 4.69) is 24.3 Å². The van der Waals surface area contributed by atoms with Crippen LogP contribution in [0.25, 0.3) is 11.1 Å². The molecule has 0 saturated carbocycles. The van der Waals surface area contributed by atoms with Gasteiger partial charge in [-0.25, -0.2) is 0 Å². The topological polar surface area (TPSA) is 90.5 Å². The van der Waals surface area contributed by atoms with Gasteiger partial charge >= 0.3 is 0 Å². The molecule has 3 aliphatic heterocycles. The Labute approximate surface area is 306 Å². The van der Waals surface area contributed by atoms with Gasteiger partial charge in [0.05, 0.1) is 41.3 Å². The normalized spacial score (nSPS) is 18.5. The molecule has 4 aromatic carbocycles. The second kappa shape index (κ2) is 16.4. The molecule has 2 atom stereocenters. The molecule has 3 aliphatic rings. The Bertz CT molecular complexity index is 1890. The maximum Gasteiger partial charge on any atom is 0.231 e. The molecular formula is C43H48N4O5. The molecule has 270 valence electrons. The lowest BCUT2D eigenvalue weighted by atomic mass is 9.95. The number of carbonyl (C=O) groups is 4. The van der Waals surface area contributed by atoms with Gasteiger partial charge in [0.25, 0.3) is 0 Å². The van der Waals surface area contributed by atoms with Gasteiger partial charge in [0.2, 0.25) is 23.6 Å². The largest absolute Gasteiger partial charge is 0.381 e. The van der Waals surface area contributed by atoms with Gasteiger partial charge < -0.3 is 24.3 Å². The van der Waals surface area contributed by atoms with Crippen LogP contribution in [-0.2, 0) is 30.3 Å². The third-order valence-corrected chi connectivity index (χ3v) is 10.1. The summed E-state index contributed by atoms with van der Waals surface area (Å²) in [6, 6.07) is 33.6. The van der Waals surface area contributed by atoms with Crippen molar-refractivity contribution >= 4 is 46.4 Å². The number of amides is 4. The molecule has 9 heteroatoms. The molecule has 0 aliphatic carbocycles. The van der Waals surface area contributed by atoms with Crippen LogP contribution in [0.15, 0.2) is 103 Å². The van der Waals surface area contributed by atoms with Crippen LogP contribution in [-0.4, -0.2) is 62.0 Å². The van der Waals surface area contributed by atoms with Crippen LogP contribution in [0.3, 0.4) is 0 Å². The van der Waals surface area contributed by atoms with Gasteiger partial charge in [-0.15, -0.1) is 0 Å². The SMILES string of the molecule is CC(=O)N1c2ccccc2N(C(=O)CC2CCOCC2)C[C@@H]1C.CC(=O)N1c2ccccc2N(C(=O)Cc2ccc(-c3ccccc3)cc2)C[C@@H]1C. The second-order valence-electron chi connectivity index (χ2n) is 14.0. The summed E-state index contributed by atoms with van der Waals surface area (Å²) in [5.41, 5.74) is 6.55. The Morgan fingerprint density at radius 1 is 0.577 bits per heavy atom. The predicted molar refractivity (Wildman–Crippen MR) is 207 cm³/mol. The Hall–Kier alpha value is -5.28. The van der Waals surface area contributed by atoms with Crippen LogP contribution >= 0.6 is 0 Å². The van der Waals surface area contributed by atoms with Gasteiger partial charge in [0.15, 0.2) is 0 Å². The van der Waals surface area contributed by atoms with Gasteiger partial charge in [0, 0.05) is 46.6 Å². The highest BCUT2D eigenvalue weighted by atomic mass is 16.5. The molecule has 0 radical (unpaired) electrons. The van der Waals surface area contributed by atoms with Crippen molar-refractivity contribution in [1.82, 2.24) is 0 Å². The smallest absolute Gasteiger partial charge is 0.231 e. The van der Waals surface area contributed by atoms with Crippen LogP contribution in [0.5, 0.6) is 0 Å². The van der Waals surface area contributed by atoms with E-state index in [9.17, 15) is 19.2 Å². The summed E-state index contributed by atoms with van der Waals surface area (Å²) in [5, 5.41) is 0. The molecule has 9 nitrogen and oxygen atoms in total. The standard InChI is InChI=1S/C25H24N2O2.C18H24N2O3/c1-18-17-26(23-10-6-7-11-24(23)27(18)19(2)28)25(29)16-20-12-14-22(15-13-20)21-8-4-3-5-9-21;1-13-12-19(18(22)11-15-7-9-23-10-8-15)16-5-3-4-6-17(16)20(13)14(2)21/h3-15,18H,16-17H2,1-2H3;3-6,13,15H,7-12H2,1-2H3/t18-;13-/m00/s1. The minimum atomic E-state index is -0.0631. The van der Waals surface area contributed by atoms with E-state index < -0.39 is 0 Å². The summed E-state index contributed by atoms with van der Waals surface area (Å²) in [6.45, 7) is 9.67. The van der Waals surface area contributed by atoms with E-state index in [0.717, 1.165) is 65.5 Å². The highest BCUT2D eigenvalue weighted by Crippen LogP contribution is 2.37. The van der Waals surface area contributed by atoms with Crippen molar-refractivity contribution in [2.24, 2.45) is 5.92 Å². The average Bonchev–Trinajstić information content (AvgIpc) is 3.15. The number of hydrogen-bond acceptors (Lipinski definition) is 5. The molecule has 0 aromatic heterocycles. The Morgan fingerprint density at radius 3 is 1.52 bits per heavy atom. The fraction of sp³-hybridized carbons (Fsp3) is 0.349. The third kappa shape index (κ3) is 8.10. The average molecular weight is 701 g/mol. The van der Waals surface area contributed by atoms with Crippen molar-refractivity contribution in [2.75, 3.05) is 45.9 Å². The maximum absolute atomic E-state index is 13.1. The maximum atomic E-state index is 13.1. The molecule has 3 heterocycles. The van der Waals surface area contributed by atoms with E-state index in [1.807, 2.05) is 103 Å². The molecule has 1 saturated heterocycles. The summed E-state index contributed by atoms with van der Waals surface area (Å²) in [7, 11) is 0. The van der Waals surface area contributed by atoms with Crippen LogP contribution in [0.2, 0.25) is 0 Å². The van der Waals surface area contributed by atoms with Crippen molar-refractivity contribution in [3.8, 4) is 11.1 Å². The molecule has 4 aromatic rings. The first-order valence-electron chi connectivity index (χ1n) is 18.2. The second-order valence-corrected chi connectivity index (χ2v) is 14.0. The van der Waals surface area contributed by atoms with Crippen LogP contribution < -0.4 is 19.6 Å². The summed E-state index contributed by atoms with van der Waals surface area (Å²) in [6.07, 6.45) is 2.80. The van der Waals surface area contributed by atoms with Gasteiger partial charge in [-0.2, -0.15) is 0 Å². The Morgan fingerprint density at radius 2 is 1.02 bits per heavy atom. The van der Waals surface area contributed by atoms with E-state index in [1.54, 1.807) is 23.6 Å². The first-order valence-corrected chi connectivity index (χ1v) is 18.2. The predicted octanol–water partition coefficient (Wildman–Crippen LogP) is 7.28. The summed E-state index contributed by atoms with van der Waals surface area (Å²) < 4.78 is 5.37. The number of fused-ring (bicyclic) bond motifs is 2. The number of ether oxygens (including phenoxy) is 1. The van der Waals surface area contributed by atoms with E-state index >= 15 is 0 Å². The zero-order valence-electron chi connectivity index (χ0n) is 30.5. The van der Waals surface area contributed by atoms with Crippen molar-refractivity contribution in [3.05, 3.63) is 109 Å². The molecule has 4 amide bonds. The fourth-order valence-corrected chi connectivity index (χ4v) is 7.61. The monoisotopic (exact) mass is 700 g/mol. The lowest BCUT2D eigenvalue weighted by Gasteiger charge is -2.41. The minimum absolute atomic E-state index is 0.00597. The van der Waals surface area contributed by atoms with Gasteiger partial charge in [0.1, 0.15) is 0 Å². The molecular weight excluding hydrogens is 652 g/mol. The number of anilines is 4. The summed E-state index contributed by atoms with van der Waals surface area (Å²) in [4.78, 5) is 57.3. The number of hydrogen-bond donors (Lipinski definition) is 0. The summed E-state index contributed by atoms with van der Waals surface area (Å²) in [5.74, 6) is 0.610. The molecule has 0 N–H and O–H groups in total. The molecule has 1 fully saturated rings. The van der Waals surface area contributed by atoms with E-state index in [1.165, 1.54) is 0 Å². The van der Waals surface area contributed by atoms with Crippen LogP contribution in [0.1, 0.15) is 52.5 Å². The first-order chi connectivity index (χ1) is 25.1. The molecule has 7 rings (SSSR count). The highest BCUT2D eigenvalue weighted by molar-refractivity contribution is 6.05. The molecule has 0 spiro atoms. The zero-order valence-corrected chi connectivity index (χ0v) is 30.5. The minimum Gasteiger partial charge on any atom is -0.381 e. The van der Waals surface area contributed by atoms with Crippen molar-refractivity contribution in [1.29, 1.82) is 0 Å². The first kappa shape index (κ1) is 36.5. The summed E-state index contributed by atoms with van der Waals surface area (Å²) >= 11 is 0. The number of carbonyl (C=O) groups excluding carboxylic acids is 4. The highest BCUT2D eigenvalue weighted by Gasteiger charge is 2.35. The van der Waals surface area contributed by atoms with Crippen molar-refractivity contribution < 1.29 is 23.9 Å². The Balaban J connectivity index is 0.000000183. The van der Waals surface area contributed by atoms with Gasteiger partial charge in [-0.1, -0.05) is 78.9 Å². The number of benzene rings is 4.